The predicted octanol–water partition coefficient (Wildman–Crippen LogP) is 8.75. The number of para-hydroxylation sites is 1. The van der Waals surface area contributed by atoms with E-state index in [2.05, 4.69) is 143 Å². The van der Waals surface area contributed by atoms with Gasteiger partial charge in [-0.05, 0) is 88.0 Å². The quantitative estimate of drug-likeness (QED) is 0.193. The van der Waals surface area contributed by atoms with E-state index in [1.165, 1.54) is 21.7 Å². The zero-order valence-corrected chi connectivity index (χ0v) is 24.5. The van der Waals surface area contributed by atoms with Gasteiger partial charge in [-0.1, -0.05) is 103 Å². The molecule has 4 nitrogen and oxygen atoms in total. The molecule has 0 radical (unpaired) electrons. The Labute approximate surface area is 261 Å². The van der Waals surface area contributed by atoms with Crippen LogP contribution in [-0.2, 0) is 0 Å². The van der Waals surface area contributed by atoms with Gasteiger partial charge in [0.05, 0.1) is 11.0 Å². The molecule has 8 rings (SSSR count). The molecule has 0 spiro atoms. The van der Waals surface area contributed by atoms with Crippen molar-refractivity contribution in [1.82, 2.24) is 4.57 Å². The van der Waals surface area contributed by atoms with Gasteiger partial charge in [0.1, 0.15) is 0 Å². The van der Waals surface area contributed by atoms with Crippen molar-refractivity contribution in [2.75, 3.05) is 4.90 Å². The van der Waals surface area contributed by atoms with Crippen LogP contribution in [0.2, 0.25) is 0 Å². The van der Waals surface area contributed by atoms with Crippen molar-refractivity contribution in [3.8, 4) is 16.8 Å². The van der Waals surface area contributed by atoms with Gasteiger partial charge in [0, 0.05) is 33.5 Å². The van der Waals surface area contributed by atoms with Crippen molar-refractivity contribution in [3.63, 3.8) is 0 Å². The maximum absolute atomic E-state index is 9.74. The average molecular weight is 580 g/mol. The summed E-state index contributed by atoms with van der Waals surface area (Å²) in [7, 11) is -1.52. The highest BCUT2D eigenvalue weighted by Crippen LogP contribution is 2.40. The Morgan fingerprint density at radius 2 is 1.04 bits per heavy atom. The highest BCUT2D eigenvalue weighted by molar-refractivity contribution is 6.58. The second kappa shape index (κ2) is 11.1. The molecule has 0 unspecified atom stereocenters. The lowest BCUT2D eigenvalue weighted by Crippen LogP contribution is -2.29. The van der Waals surface area contributed by atoms with Crippen LogP contribution < -0.4 is 10.4 Å². The molecule has 2 N–H and O–H groups in total. The van der Waals surface area contributed by atoms with Crippen LogP contribution in [0.3, 0.4) is 0 Å². The van der Waals surface area contributed by atoms with Gasteiger partial charge in [0.25, 0.3) is 0 Å². The third kappa shape index (κ3) is 4.85. The SMILES string of the molecule is OB(O)c1ccc(N(c2ccc(-c3ccccc3)cc2)c2ccc3c(c2)c2ccccc2n3-c2ccc3ccccc3c2)cc1. The molecule has 0 aliphatic heterocycles. The first-order valence-corrected chi connectivity index (χ1v) is 15.1. The molecular weight excluding hydrogens is 551 g/mol. The standard InChI is InChI=1S/C40H29BN2O2/c44-41(45)32-17-22-34(23-18-32)42(33-19-14-30(15-20-33)28-8-2-1-3-9-28)36-24-25-40-38(27-36)37-12-6-7-13-39(37)43(40)35-21-16-29-10-4-5-11-31(29)26-35/h1-27,44-45H. The molecule has 45 heavy (non-hydrogen) atoms. The van der Waals surface area contributed by atoms with E-state index in [0.717, 1.165) is 44.7 Å². The molecule has 0 saturated carbocycles. The minimum Gasteiger partial charge on any atom is -0.423 e. The van der Waals surface area contributed by atoms with Crippen molar-refractivity contribution in [1.29, 1.82) is 0 Å². The van der Waals surface area contributed by atoms with E-state index in [1.807, 2.05) is 18.2 Å². The van der Waals surface area contributed by atoms with E-state index >= 15 is 0 Å². The van der Waals surface area contributed by atoms with Crippen LogP contribution >= 0.6 is 0 Å². The van der Waals surface area contributed by atoms with Crippen LogP contribution in [0.5, 0.6) is 0 Å². The van der Waals surface area contributed by atoms with Crippen molar-refractivity contribution in [2.24, 2.45) is 0 Å². The molecule has 214 valence electrons. The summed E-state index contributed by atoms with van der Waals surface area (Å²) in [5, 5.41) is 24.2. The second-order valence-electron chi connectivity index (χ2n) is 11.3. The minimum atomic E-state index is -1.52. The van der Waals surface area contributed by atoms with Gasteiger partial charge in [-0.3, -0.25) is 0 Å². The molecule has 0 saturated heterocycles. The van der Waals surface area contributed by atoms with E-state index in [-0.39, 0.29) is 0 Å². The number of fused-ring (bicyclic) bond motifs is 4. The van der Waals surface area contributed by atoms with Gasteiger partial charge in [-0.25, -0.2) is 0 Å². The van der Waals surface area contributed by atoms with Gasteiger partial charge in [-0.15, -0.1) is 0 Å². The molecule has 5 heteroatoms. The summed E-state index contributed by atoms with van der Waals surface area (Å²) < 4.78 is 2.34. The number of rotatable bonds is 6. The van der Waals surface area contributed by atoms with Crippen molar-refractivity contribution < 1.29 is 10.0 Å². The number of benzene rings is 7. The first-order chi connectivity index (χ1) is 22.1. The zero-order valence-electron chi connectivity index (χ0n) is 24.5. The van der Waals surface area contributed by atoms with E-state index < -0.39 is 7.12 Å². The first kappa shape index (κ1) is 27.0. The average Bonchev–Trinajstić information content (AvgIpc) is 3.43. The van der Waals surface area contributed by atoms with Crippen molar-refractivity contribution >= 4 is 62.2 Å². The lowest BCUT2D eigenvalue weighted by molar-refractivity contribution is 0.426. The van der Waals surface area contributed by atoms with Crippen molar-refractivity contribution in [2.45, 2.75) is 0 Å². The van der Waals surface area contributed by atoms with Crippen LogP contribution in [-0.4, -0.2) is 21.7 Å². The monoisotopic (exact) mass is 580 g/mol. The molecular formula is C40H29BN2O2. The van der Waals surface area contributed by atoms with Gasteiger partial charge < -0.3 is 19.5 Å². The summed E-state index contributed by atoms with van der Waals surface area (Å²) in [5.74, 6) is 0. The minimum absolute atomic E-state index is 0.451. The topological polar surface area (TPSA) is 48.6 Å². The van der Waals surface area contributed by atoms with Gasteiger partial charge >= 0.3 is 7.12 Å². The first-order valence-electron chi connectivity index (χ1n) is 15.1. The maximum Gasteiger partial charge on any atom is 0.488 e. The Kier molecular flexibility index (Phi) is 6.68. The fourth-order valence-corrected chi connectivity index (χ4v) is 6.37. The number of hydrogen-bond donors (Lipinski definition) is 2. The summed E-state index contributed by atoms with van der Waals surface area (Å²) in [6, 6.07) is 56.6. The largest absolute Gasteiger partial charge is 0.488 e. The van der Waals surface area contributed by atoms with Crippen molar-refractivity contribution in [3.05, 3.63) is 164 Å². The summed E-state index contributed by atoms with van der Waals surface area (Å²) in [6.45, 7) is 0. The summed E-state index contributed by atoms with van der Waals surface area (Å²) in [5.41, 5.74) is 9.11. The molecule has 0 amide bonds. The molecule has 0 atom stereocenters. The number of anilines is 3. The van der Waals surface area contributed by atoms with Gasteiger partial charge in [-0.2, -0.15) is 0 Å². The summed E-state index contributed by atoms with van der Waals surface area (Å²) >= 11 is 0. The van der Waals surface area contributed by atoms with E-state index in [9.17, 15) is 10.0 Å². The van der Waals surface area contributed by atoms with E-state index in [4.69, 9.17) is 0 Å². The van der Waals surface area contributed by atoms with Crippen LogP contribution in [0, 0.1) is 0 Å². The van der Waals surface area contributed by atoms with Gasteiger partial charge in [0.2, 0.25) is 0 Å². The second-order valence-corrected chi connectivity index (χ2v) is 11.3. The Morgan fingerprint density at radius 3 is 1.80 bits per heavy atom. The maximum atomic E-state index is 9.74. The Balaban J connectivity index is 1.30. The van der Waals surface area contributed by atoms with Crippen LogP contribution in [0.4, 0.5) is 17.1 Å². The number of hydrogen-bond acceptors (Lipinski definition) is 3. The molecule has 7 aromatic carbocycles. The van der Waals surface area contributed by atoms with Gasteiger partial charge in [0.15, 0.2) is 0 Å². The van der Waals surface area contributed by atoms with Crippen LogP contribution in [0.15, 0.2) is 164 Å². The Hall–Kier alpha value is -5.62. The molecule has 0 bridgehead atoms. The summed E-state index contributed by atoms with van der Waals surface area (Å²) in [6.07, 6.45) is 0. The Bertz CT molecular complexity index is 2290. The van der Waals surface area contributed by atoms with E-state index in [0.29, 0.717) is 5.46 Å². The molecule has 1 aromatic heterocycles. The fourth-order valence-electron chi connectivity index (χ4n) is 6.37. The predicted molar refractivity (Wildman–Crippen MR) is 188 cm³/mol. The van der Waals surface area contributed by atoms with E-state index in [1.54, 1.807) is 12.1 Å². The molecule has 0 aliphatic carbocycles. The highest BCUT2D eigenvalue weighted by atomic mass is 16.4. The smallest absolute Gasteiger partial charge is 0.423 e. The molecule has 1 heterocycles. The molecule has 0 aliphatic rings. The number of nitrogens with zero attached hydrogens (tertiary/aromatic N) is 2. The summed E-state index contributed by atoms with van der Waals surface area (Å²) in [4.78, 5) is 2.21. The lowest BCUT2D eigenvalue weighted by Gasteiger charge is -2.26. The Morgan fingerprint density at radius 1 is 0.444 bits per heavy atom. The lowest BCUT2D eigenvalue weighted by atomic mass is 9.80. The van der Waals surface area contributed by atoms with Crippen LogP contribution in [0.1, 0.15) is 0 Å². The third-order valence-corrected chi connectivity index (χ3v) is 8.59. The van der Waals surface area contributed by atoms with Crippen LogP contribution in [0.25, 0.3) is 49.4 Å². The normalized spacial score (nSPS) is 11.3. The third-order valence-electron chi connectivity index (χ3n) is 8.59. The molecule has 0 fully saturated rings. The molecule has 8 aromatic rings. The zero-order chi connectivity index (χ0) is 30.3. The number of aromatic nitrogens is 1. The fraction of sp³-hybridized carbons (Fsp3) is 0. The highest BCUT2D eigenvalue weighted by Gasteiger charge is 2.19.